The zero-order chi connectivity index (χ0) is 21.6. The molecule has 2 aromatic carbocycles. The van der Waals surface area contributed by atoms with E-state index in [0.717, 1.165) is 6.07 Å². The van der Waals surface area contributed by atoms with E-state index in [4.69, 9.17) is 9.47 Å². The summed E-state index contributed by atoms with van der Waals surface area (Å²) in [7, 11) is 3.02. The fraction of sp³-hybridized carbons (Fsp3) is 0.263. The van der Waals surface area contributed by atoms with Crippen molar-refractivity contribution in [1.29, 1.82) is 0 Å². The lowest BCUT2D eigenvalue weighted by Gasteiger charge is -2.15. The molecule has 0 saturated carbocycles. The molecule has 0 fully saturated rings. The molecule has 0 aliphatic rings. The van der Waals surface area contributed by atoms with Crippen molar-refractivity contribution < 1.29 is 24.0 Å². The zero-order valence-electron chi connectivity index (χ0n) is 16.4. The quantitative estimate of drug-likeness (QED) is 0.479. The molecular formula is C19H22N4O6. The molecule has 2 aromatic rings. The second kappa shape index (κ2) is 9.40. The number of hydrazine groups is 1. The van der Waals surface area contributed by atoms with E-state index in [1.54, 1.807) is 13.1 Å². The molecule has 154 valence electrons. The number of methoxy groups -OCH3 is 1. The van der Waals surface area contributed by atoms with Crippen molar-refractivity contribution in [2.75, 3.05) is 19.5 Å². The Bertz CT molecular complexity index is 929. The number of nitro benzene ring substituents is 1. The van der Waals surface area contributed by atoms with Crippen LogP contribution < -0.4 is 25.6 Å². The Morgan fingerprint density at radius 2 is 1.72 bits per heavy atom. The van der Waals surface area contributed by atoms with Crippen LogP contribution in [-0.4, -0.2) is 37.0 Å². The summed E-state index contributed by atoms with van der Waals surface area (Å²) >= 11 is 0. The number of carbonyl (C=O) groups is 2. The van der Waals surface area contributed by atoms with Gasteiger partial charge in [0.05, 0.1) is 23.7 Å². The van der Waals surface area contributed by atoms with Crippen molar-refractivity contribution in [1.82, 2.24) is 10.9 Å². The van der Waals surface area contributed by atoms with E-state index in [0.29, 0.717) is 17.2 Å². The summed E-state index contributed by atoms with van der Waals surface area (Å²) in [6.07, 6.45) is -0.0702. The maximum absolute atomic E-state index is 12.4. The van der Waals surface area contributed by atoms with Crippen LogP contribution in [0.1, 0.15) is 34.6 Å². The first-order valence-corrected chi connectivity index (χ1v) is 8.68. The lowest BCUT2D eigenvalue weighted by Crippen LogP contribution is -2.41. The van der Waals surface area contributed by atoms with Crippen LogP contribution in [0.4, 0.5) is 11.4 Å². The van der Waals surface area contributed by atoms with Crippen LogP contribution >= 0.6 is 0 Å². The second-order valence-electron chi connectivity index (χ2n) is 6.18. The number of rotatable bonds is 7. The molecule has 3 N–H and O–H groups in total. The number of amides is 2. The van der Waals surface area contributed by atoms with Gasteiger partial charge >= 0.3 is 0 Å². The van der Waals surface area contributed by atoms with Gasteiger partial charge in [-0.05, 0) is 38.1 Å². The summed E-state index contributed by atoms with van der Waals surface area (Å²) in [5.74, 6) is -0.450. The first-order chi connectivity index (χ1) is 13.8. The van der Waals surface area contributed by atoms with Crippen molar-refractivity contribution in [3.05, 3.63) is 57.6 Å². The maximum Gasteiger partial charge on any atom is 0.272 e. The van der Waals surface area contributed by atoms with Crippen molar-refractivity contribution in [3.63, 3.8) is 0 Å². The van der Waals surface area contributed by atoms with E-state index in [1.165, 1.54) is 31.4 Å². The molecule has 0 aliphatic carbocycles. The van der Waals surface area contributed by atoms with Crippen molar-refractivity contribution in [2.24, 2.45) is 0 Å². The molecule has 0 spiro atoms. The van der Waals surface area contributed by atoms with E-state index in [9.17, 15) is 19.7 Å². The average molecular weight is 402 g/mol. The topological polar surface area (TPSA) is 132 Å². The van der Waals surface area contributed by atoms with Gasteiger partial charge in [0, 0.05) is 30.4 Å². The van der Waals surface area contributed by atoms with Gasteiger partial charge in [-0.15, -0.1) is 0 Å². The molecule has 10 nitrogen and oxygen atoms in total. The number of ether oxygens (including phenoxy) is 2. The normalized spacial score (nSPS) is 10.2. The van der Waals surface area contributed by atoms with Crippen LogP contribution in [-0.2, 0) is 0 Å². The predicted molar refractivity (Wildman–Crippen MR) is 106 cm³/mol. The molecule has 0 unspecified atom stereocenters. The number of carbonyl (C=O) groups excluding carboxylic acids is 2. The standard InChI is InChI=1S/C19H22N4O6/c1-11(2)29-16-8-5-12(9-17(16)28-4)18(24)21-22-19(25)14-10-13(23(26)27)6-7-15(14)20-3/h5-11,20H,1-4H3,(H,21,24)(H,22,25). The smallest absolute Gasteiger partial charge is 0.272 e. The molecule has 0 saturated heterocycles. The third kappa shape index (κ3) is 5.34. The second-order valence-corrected chi connectivity index (χ2v) is 6.18. The molecule has 0 bridgehead atoms. The summed E-state index contributed by atoms with van der Waals surface area (Å²) in [6.45, 7) is 3.73. The summed E-state index contributed by atoms with van der Waals surface area (Å²) in [4.78, 5) is 35.1. The van der Waals surface area contributed by atoms with E-state index in [1.807, 2.05) is 13.8 Å². The lowest BCUT2D eigenvalue weighted by molar-refractivity contribution is -0.384. The minimum absolute atomic E-state index is 0.0141. The molecule has 0 heterocycles. The van der Waals surface area contributed by atoms with Crippen LogP contribution in [0.2, 0.25) is 0 Å². The first-order valence-electron chi connectivity index (χ1n) is 8.68. The highest BCUT2D eigenvalue weighted by Gasteiger charge is 2.18. The third-order valence-electron chi connectivity index (χ3n) is 3.81. The number of hydrogen-bond acceptors (Lipinski definition) is 7. The minimum atomic E-state index is -0.710. The van der Waals surface area contributed by atoms with Gasteiger partial charge in [0.2, 0.25) is 0 Å². The van der Waals surface area contributed by atoms with Crippen LogP contribution in [0.5, 0.6) is 11.5 Å². The lowest BCUT2D eigenvalue weighted by atomic mass is 10.1. The Labute approximate surface area is 167 Å². The van der Waals surface area contributed by atoms with Crippen LogP contribution in [0.15, 0.2) is 36.4 Å². The Morgan fingerprint density at radius 3 is 2.31 bits per heavy atom. The van der Waals surface area contributed by atoms with E-state index in [2.05, 4.69) is 16.2 Å². The Hall–Kier alpha value is -3.82. The Morgan fingerprint density at radius 1 is 1.03 bits per heavy atom. The van der Waals surface area contributed by atoms with Gasteiger partial charge in [0.25, 0.3) is 17.5 Å². The molecular weight excluding hydrogens is 380 g/mol. The minimum Gasteiger partial charge on any atom is -0.493 e. The summed E-state index contributed by atoms with van der Waals surface area (Å²) in [5, 5.41) is 13.7. The summed E-state index contributed by atoms with van der Waals surface area (Å²) in [5.41, 5.74) is 4.90. The third-order valence-corrected chi connectivity index (χ3v) is 3.81. The number of hydrogen-bond donors (Lipinski definition) is 3. The highest BCUT2D eigenvalue weighted by molar-refractivity contribution is 6.02. The number of nitro groups is 1. The zero-order valence-corrected chi connectivity index (χ0v) is 16.4. The molecule has 0 aromatic heterocycles. The van der Waals surface area contributed by atoms with Crippen LogP contribution in [0.3, 0.4) is 0 Å². The van der Waals surface area contributed by atoms with Gasteiger partial charge in [0.1, 0.15) is 0 Å². The van der Waals surface area contributed by atoms with Gasteiger partial charge in [-0.1, -0.05) is 0 Å². The molecule has 2 rings (SSSR count). The molecule has 29 heavy (non-hydrogen) atoms. The fourth-order valence-corrected chi connectivity index (χ4v) is 2.46. The van der Waals surface area contributed by atoms with Gasteiger partial charge in [0.15, 0.2) is 11.5 Å². The highest BCUT2D eigenvalue weighted by atomic mass is 16.6. The molecule has 0 radical (unpaired) electrons. The number of anilines is 1. The van der Waals surface area contributed by atoms with Crippen LogP contribution in [0, 0.1) is 10.1 Å². The summed E-state index contributed by atoms with van der Waals surface area (Å²) in [6, 6.07) is 8.39. The van der Waals surface area contributed by atoms with Crippen molar-refractivity contribution in [2.45, 2.75) is 20.0 Å². The van der Waals surface area contributed by atoms with E-state index in [-0.39, 0.29) is 22.9 Å². The number of nitrogens with one attached hydrogen (secondary N) is 3. The number of nitrogens with zero attached hydrogens (tertiary/aromatic N) is 1. The van der Waals surface area contributed by atoms with Gasteiger partial charge in [-0.2, -0.15) is 0 Å². The monoisotopic (exact) mass is 402 g/mol. The first kappa shape index (κ1) is 21.5. The molecule has 2 amide bonds. The Kier molecular flexibility index (Phi) is 6.96. The van der Waals surface area contributed by atoms with Gasteiger partial charge in [-0.25, -0.2) is 0 Å². The molecule has 0 aliphatic heterocycles. The predicted octanol–water partition coefficient (Wildman–Crippen LogP) is 2.51. The average Bonchev–Trinajstić information content (AvgIpc) is 2.70. The van der Waals surface area contributed by atoms with E-state index >= 15 is 0 Å². The van der Waals surface area contributed by atoms with Crippen molar-refractivity contribution >= 4 is 23.2 Å². The van der Waals surface area contributed by atoms with Crippen LogP contribution in [0.25, 0.3) is 0 Å². The van der Waals surface area contributed by atoms with Crippen molar-refractivity contribution in [3.8, 4) is 11.5 Å². The SMILES string of the molecule is CNc1ccc([N+](=O)[O-])cc1C(=O)NNC(=O)c1ccc(OC(C)C)c(OC)c1. The maximum atomic E-state index is 12.4. The number of benzene rings is 2. The molecule has 0 atom stereocenters. The summed E-state index contributed by atoms with van der Waals surface area (Å²) < 4.78 is 10.8. The Balaban J connectivity index is 2.14. The molecule has 10 heteroatoms. The van der Waals surface area contributed by atoms with E-state index < -0.39 is 16.7 Å². The fourth-order valence-electron chi connectivity index (χ4n) is 2.46. The largest absolute Gasteiger partial charge is 0.493 e. The van der Waals surface area contributed by atoms with Gasteiger partial charge < -0.3 is 14.8 Å². The van der Waals surface area contributed by atoms with Gasteiger partial charge in [-0.3, -0.25) is 30.6 Å². The number of non-ortho nitro benzene ring substituents is 1. The highest BCUT2D eigenvalue weighted by Crippen LogP contribution is 2.29.